The summed E-state index contributed by atoms with van der Waals surface area (Å²) in [7, 11) is 0. The van der Waals surface area contributed by atoms with Crippen LogP contribution in [0.25, 0.3) is 0 Å². The van der Waals surface area contributed by atoms with E-state index in [1.807, 2.05) is 0 Å². The van der Waals surface area contributed by atoms with Gasteiger partial charge in [-0.1, -0.05) is 0 Å². The number of hydrogen-bond donors (Lipinski definition) is 2. The van der Waals surface area contributed by atoms with E-state index in [1.54, 1.807) is 0 Å². The minimum absolute atomic E-state index is 0.0660. The molecule has 0 bridgehead atoms. The molecule has 46 valence electrons. The number of nitrogens with two attached hydrogens (primary N) is 2. The second kappa shape index (κ2) is 3.15. The van der Waals surface area contributed by atoms with Crippen LogP contribution in [0.15, 0.2) is 0 Å². The molecule has 0 saturated heterocycles. The molecule has 0 aromatic carbocycles. The fourth-order valence-corrected chi connectivity index (χ4v) is 0.280. The standard InChI is InChI=1S/C4H8N2O2/c5-3(2-7)1-4(6)8/h2-3H,1,5H2,(H2,6,8)/t3-/m1/s1. The summed E-state index contributed by atoms with van der Waals surface area (Å²) in [6.45, 7) is 0. The van der Waals surface area contributed by atoms with E-state index in [2.05, 4.69) is 0 Å². The van der Waals surface area contributed by atoms with Gasteiger partial charge in [-0.15, -0.1) is 0 Å². The molecule has 0 aliphatic rings. The number of carbonyl (C=O) groups is 2. The van der Waals surface area contributed by atoms with Gasteiger partial charge >= 0.3 is 0 Å². The van der Waals surface area contributed by atoms with E-state index >= 15 is 0 Å². The average molecular weight is 116 g/mol. The summed E-state index contributed by atoms with van der Waals surface area (Å²) in [4.78, 5) is 19.7. The molecule has 0 heterocycles. The van der Waals surface area contributed by atoms with Gasteiger partial charge in [-0.2, -0.15) is 0 Å². The number of carbonyl (C=O) groups excluding carboxylic acids is 2. The van der Waals surface area contributed by atoms with Crippen LogP contribution >= 0.6 is 0 Å². The summed E-state index contributed by atoms with van der Waals surface area (Å²) in [5.41, 5.74) is 9.70. The number of hydrogen-bond acceptors (Lipinski definition) is 3. The number of amides is 1. The molecule has 4 N–H and O–H groups in total. The molecule has 0 fully saturated rings. The van der Waals surface area contributed by atoms with Crippen LogP contribution in [-0.2, 0) is 9.59 Å². The Balaban J connectivity index is 3.38. The van der Waals surface area contributed by atoms with Crippen molar-refractivity contribution in [2.75, 3.05) is 0 Å². The Morgan fingerprint density at radius 1 is 1.75 bits per heavy atom. The molecule has 0 aliphatic carbocycles. The smallest absolute Gasteiger partial charge is 0.219 e. The summed E-state index contributed by atoms with van der Waals surface area (Å²) < 4.78 is 0. The van der Waals surface area contributed by atoms with Gasteiger partial charge in [0.25, 0.3) is 0 Å². The van der Waals surface area contributed by atoms with Crippen molar-refractivity contribution in [2.45, 2.75) is 12.5 Å². The van der Waals surface area contributed by atoms with Gasteiger partial charge in [-0.05, 0) is 0 Å². The van der Waals surface area contributed by atoms with Crippen LogP contribution in [0.4, 0.5) is 0 Å². The van der Waals surface area contributed by atoms with E-state index in [9.17, 15) is 9.59 Å². The first-order chi connectivity index (χ1) is 3.66. The molecule has 1 atom stereocenters. The third-order valence-corrected chi connectivity index (χ3v) is 0.612. The van der Waals surface area contributed by atoms with Gasteiger partial charge in [0.2, 0.25) is 5.91 Å². The molecule has 8 heavy (non-hydrogen) atoms. The normalized spacial score (nSPS) is 12.6. The molecule has 0 unspecified atom stereocenters. The zero-order valence-electron chi connectivity index (χ0n) is 4.33. The zero-order chi connectivity index (χ0) is 6.57. The highest BCUT2D eigenvalue weighted by molar-refractivity contribution is 5.78. The molecule has 0 aromatic heterocycles. The Labute approximate surface area is 46.8 Å². The van der Waals surface area contributed by atoms with E-state index < -0.39 is 11.9 Å². The van der Waals surface area contributed by atoms with Crippen LogP contribution < -0.4 is 11.5 Å². The molecular weight excluding hydrogens is 108 g/mol. The molecule has 4 nitrogen and oxygen atoms in total. The molecule has 0 spiro atoms. The molecule has 0 saturated carbocycles. The molecule has 0 aliphatic heterocycles. The first-order valence-electron chi connectivity index (χ1n) is 2.16. The van der Waals surface area contributed by atoms with Gasteiger partial charge in [0.1, 0.15) is 6.29 Å². The first-order valence-corrected chi connectivity index (χ1v) is 2.16. The quantitative estimate of drug-likeness (QED) is 0.435. The van der Waals surface area contributed by atoms with Gasteiger partial charge < -0.3 is 16.3 Å². The molecule has 0 aromatic rings. The number of primary amides is 1. The van der Waals surface area contributed by atoms with Crippen LogP contribution in [-0.4, -0.2) is 18.2 Å². The SMILES string of the molecule is NC(=O)C[C@@H](N)C=O. The van der Waals surface area contributed by atoms with Gasteiger partial charge in [0, 0.05) is 6.42 Å². The second-order valence-corrected chi connectivity index (χ2v) is 1.47. The third-order valence-electron chi connectivity index (χ3n) is 0.612. The second-order valence-electron chi connectivity index (χ2n) is 1.47. The number of rotatable bonds is 3. The molecule has 0 radical (unpaired) electrons. The maximum Gasteiger partial charge on any atom is 0.219 e. The summed E-state index contributed by atoms with van der Waals surface area (Å²) in [5, 5.41) is 0. The monoisotopic (exact) mass is 116 g/mol. The Bertz CT molecular complexity index is 102. The average Bonchev–Trinajstić information content (AvgIpc) is 1.65. The Morgan fingerprint density at radius 3 is 2.38 bits per heavy atom. The van der Waals surface area contributed by atoms with Crippen molar-refractivity contribution in [2.24, 2.45) is 11.5 Å². The maximum atomic E-state index is 9.95. The van der Waals surface area contributed by atoms with E-state index in [4.69, 9.17) is 11.5 Å². The van der Waals surface area contributed by atoms with Gasteiger partial charge in [-0.25, -0.2) is 0 Å². The largest absolute Gasteiger partial charge is 0.370 e. The van der Waals surface area contributed by atoms with Crippen LogP contribution in [0, 0.1) is 0 Å². The van der Waals surface area contributed by atoms with Crippen LogP contribution in [0.3, 0.4) is 0 Å². The van der Waals surface area contributed by atoms with Crippen LogP contribution in [0.2, 0.25) is 0 Å². The Kier molecular flexibility index (Phi) is 2.79. The zero-order valence-corrected chi connectivity index (χ0v) is 4.33. The van der Waals surface area contributed by atoms with Crippen molar-refractivity contribution in [1.82, 2.24) is 0 Å². The Hall–Kier alpha value is -0.900. The lowest BCUT2D eigenvalue weighted by atomic mass is 10.2. The van der Waals surface area contributed by atoms with E-state index in [0.29, 0.717) is 6.29 Å². The molecule has 0 rings (SSSR count). The van der Waals surface area contributed by atoms with Crippen molar-refractivity contribution >= 4 is 12.2 Å². The van der Waals surface area contributed by atoms with Crippen molar-refractivity contribution in [3.63, 3.8) is 0 Å². The lowest BCUT2D eigenvalue weighted by Gasteiger charge is -1.95. The first kappa shape index (κ1) is 7.10. The highest BCUT2D eigenvalue weighted by atomic mass is 16.1. The van der Waals surface area contributed by atoms with E-state index in [-0.39, 0.29) is 6.42 Å². The molecule has 4 heteroatoms. The third kappa shape index (κ3) is 3.30. The molecule has 1 amide bonds. The topological polar surface area (TPSA) is 86.2 Å². The minimum Gasteiger partial charge on any atom is -0.370 e. The van der Waals surface area contributed by atoms with Gasteiger partial charge in [-0.3, -0.25) is 4.79 Å². The van der Waals surface area contributed by atoms with E-state index in [0.717, 1.165) is 0 Å². The predicted octanol–water partition coefficient (Wildman–Crippen LogP) is -1.61. The van der Waals surface area contributed by atoms with Crippen LogP contribution in [0.5, 0.6) is 0 Å². The lowest BCUT2D eigenvalue weighted by Crippen LogP contribution is -2.28. The summed E-state index contributed by atoms with van der Waals surface area (Å²) >= 11 is 0. The van der Waals surface area contributed by atoms with Crippen molar-refractivity contribution < 1.29 is 9.59 Å². The van der Waals surface area contributed by atoms with Crippen molar-refractivity contribution in [3.05, 3.63) is 0 Å². The number of aldehydes is 1. The fraction of sp³-hybridized carbons (Fsp3) is 0.500. The van der Waals surface area contributed by atoms with E-state index in [1.165, 1.54) is 0 Å². The highest BCUT2D eigenvalue weighted by Gasteiger charge is 2.02. The summed E-state index contributed by atoms with van der Waals surface area (Å²) in [6.07, 6.45) is 0.425. The van der Waals surface area contributed by atoms with Gasteiger partial charge in [0.05, 0.1) is 6.04 Å². The van der Waals surface area contributed by atoms with Crippen molar-refractivity contribution in [1.29, 1.82) is 0 Å². The Morgan fingerprint density at radius 2 is 2.25 bits per heavy atom. The summed E-state index contributed by atoms with van der Waals surface area (Å²) in [6, 6.07) is -0.729. The van der Waals surface area contributed by atoms with Gasteiger partial charge in [0.15, 0.2) is 0 Å². The maximum absolute atomic E-state index is 9.95. The fourth-order valence-electron chi connectivity index (χ4n) is 0.280. The minimum atomic E-state index is -0.729. The predicted molar refractivity (Wildman–Crippen MR) is 27.9 cm³/mol. The lowest BCUT2D eigenvalue weighted by molar-refractivity contribution is -0.120. The highest BCUT2D eigenvalue weighted by Crippen LogP contribution is 1.78. The van der Waals surface area contributed by atoms with Crippen molar-refractivity contribution in [3.8, 4) is 0 Å². The molecular formula is C4H8N2O2. The summed E-state index contributed by atoms with van der Waals surface area (Å²) in [5.74, 6) is -0.551. The van der Waals surface area contributed by atoms with Crippen LogP contribution in [0.1, 0.15) is 6.42 Å².